The summed E-state index contributed by atoms with van der Waals surface area (Å²) in [7, 11) is 1.33. The van der Waals surface area contributed by atoms with Gasteiger partial charge in [0.05, 0.1) is 7.11 Å². The van der Waals surface area contributed by atoms with Crippen LogP contribution in [-0.4, -0.2) is 48.2 Å². The highest BCUT2D eigenvalue weighted by atomic mass is 16.5. The van der Waals surface area contributed by atoms with Crippen LogP contribution in [0.1, 0.15) is 40.0 Å². The minimum Gasteiger partial charge on any atom is -0.466 e. The van der Waals surface area contributed by atoms with Crippen LogP contribution in [0.15, 0.2) is 11.1 Å². The predicted octanol–water partition coefficient (Wildman–Crippen LogP) is 1.51. The number of hydrogen-bond donors (Lipinski definition) is 3. The molecule has 0 aromatic heterocycles. The Labute approximate surface area is 127 Å². The van der Waals surface area contributed by atoms with Crippen LogP contribution in [0.5, 0.6) is 0 Å². The molecule has 3 atom stereocenters. The molecule has 0 heterocycles. The molecule has 124 valence electrons. The smallest absolute Gasteiger partial charge is 0.333 e. The van der Waals surface area contributed by atoms with E-state index in [0.29, 0.717) is 5.57 Å². The number of carbonyl (C=O) groups is 1. The minimum absolute atomic E-state index is 0.0372. The Morgan fingerprint density at radius 1 is 1.05 bits per heavy atom. The Kier molecular flexibility index (Phi) is 10.3. The highest BCUT2D eigenvalue weighted by Crippen LogP contribution is 2.28. The van der Waals surface area contributed by atoms with Gasteiger partial charge in [0.1, 0.15) is 0 Å². The van der Waals surface area contributed by atoms with Gasteiger partial charge in [0.25, 0.3) is 0 Å². The van der Waals surface area contributed by atoms with Crippen molar-refractivity contribution in [1.82, 2.24) is 0 Å². The fourth-order valence-electron chi connectivity index (χ4n) is 2.47. The van der Waals surface area contributed by atoms with Crippen molar-refractivity contribution in [2.24, 2.45) is 17.8 Å². The summed E-state index contributed by atoms with van der Waals surface area (Å²) in [5.74, 6) is -0.513. The lowest BCUT2D eigenvalue weighted by molar-refractivity contribution is -0.136. The zero-order chi connectivity index (χ0) is 16.4. The van der Waals surface area contributed by atoms with E-state index < -0.39 is 5.97 Å². The van der Waals surface area contributed by atoms with Gasteiger partial charge in [0.15, 0.2) is 0 Å². The van der Waals surface area contributed by atoms with Gasteiger partial charge in [-0.1, -0.05) is 18.9 Å². The molecule has 0 aliphatic carbocycles. The third-order valence-electron chi connectivity index (χ3n) is 4.22. The number of hydrogen-bond acceptors (Lipinski definition) is 5. The molecular formula is C16H30O5. The van der Waals surface area contributed by atoms with Gasteiger partial charge < -0.3 is 20.1 Å². The predicted molar refractivity (Wildman–Crippen MR) is 81.6 cm³/mol. The van der Waals surface area contributed by atoms with Crippen molar-refractivity contribution >= 4 is 5.97 Å². The molecule has 21 heavy (non-hydrogen) atoms. The van der Waals surface area contributed by atoms with Gasteiger partial charge in [-0.3, -0.25) is 0 Å². The first kappa shape index (κ1) is 20.1. The third kappa shape index (κ3) is 6.59. The molecule has 0 fully saturated rings. The summed E-state index contributed by atoms with van der Waals surface area (Å²) in [5, 5.41) is 28.2. The molecule has 0 saturated heterocycles. The number of methoxy groups -OCH3 is 1. The van der Waals surface area contributed by atoms with Crippen molar-refractivity contribution in [3.05, 3.63) is 11.1 Å². The van der Waals surface area contributed by atoms with E-state index in [1.807, 2.05) is 6.92 Å². The van der Waals surface area contributed by atoms with Crippen molar-refractivity contribution < 1.29 is 24.9 Å². The number of aliphatic hydroxyl groups is 3. The molecular weight excluding hydrogens is 272 g/mol. The fourth-order valence-corrected chi connectivity index (χ4v) is 2.47. The van der Waals surface area contributed by atoms with Crippen molar-refractivity contribution in [3.63, 3.8) is 0 Å². The van der Waals surface area contributed by atoms with Crippen LogP contribution in [0.3, 0.4) is 0 Å². The molecule has 5 heteroatoms. The van der Waals surface area contributed by atoms with E-state index in [2.05, 4.69) is 0 Å². The third-order valence-corrected chi connectivity index (χ3v) is 4.22. The normalized spacial score (nSPS) is 16.9. The topological polar surface area (TPSA) is 87.0 Å². The molecule has 0 saturated carbocycles. The Hall–Kier alpha value is -0.910. The number of ether oxygens (including phenoxy) is 1. The van der Waals surface area contributed by atoms with Crippen molar-refractivity contribution in [1.29, 1.82) is 0 Å². The maximum atomic E-state index is 11.6. The van der Waals surface area contributed by atoms with Crippen LogP contribution in [-0.2, 0) is 9.53 Å². The molecule has 0 bridgehead atoms. The van der Waals surface area contributed by atoms with Crippen molar-refractivity contribution in [2.75, 3.05) is 26.9 Å². The SMILES string of the molecule is COC(=O)C(C)=C(C)C(CO)C(CO)CCCC(C)CO. The second-order valence-corrected chi connectivity index (χ2v) is 5.75. The van der Waals surface area contributed by atoms with Crippen molar-refractivity contribution in [2.45, 2.75) is 40.0 Å². The molecule has 0 aromatic rings. The molecule has 3 unspecified atom stereocenters. The maximum Gasteiger partial charge on any atom is 0.333 e. The highest BCUT2D eigenvalue weighted by molar-refractivity contribution is 5.88. The second kappa shape index (κ2) is 10.8. The van der Waals surface area contributed by atoms with Crippen LogP contribution in [0.2, 0.25) is 0 Å². The lowest BCUT2D eigenvalue weighted by Crippen LogP contribution is -2.25. The van der Waals surface area contributed by atoms with E-state index in [1.54, 1.807) is 13.8 Å². The molecule has 0 spiro atoms. The summed E-state index contributed by atoms with van der Waals surface area (Å²) in [6, 6.07) is 0. The molecule has 0 aliphatic heterocycles. The molecule has 3 N–H and O–H groups in total. The first-order chi connectivity index (χ1) is 9.92. The van der Waals surface area contributed by atoms with Crippen molar-refractivity contribution in [3.8, 4) is 0 Å². The zero-order valence-corrected chi connectivity index (χ0v) is 13.6. The largest absolute Gasteiger partial charge is 0.466 e. The monoisotopic (exact) mass is 302 g/mol. The van der Waals surface area contributed by atoms with Gasteiger partial charge in [-0.15, -0.1) is 0 Å². The van der Waals surface area contributed by atoms with Crippen LogP contribution in [0, 0.1) is 17.8 Å². The summed E-state index contributed by atoms with van der Waals surface area (Å²) in [6.07, 6.45) is 2.50. The molecule has 5 nitrogen and oxygen atoms in total. The Morgan fingerprint density at radius 2 is 1.67 bits per heavy atom. The van der Waals surface area contributed by atoms with Gasteiger partial charge in [-0.25, -0.2) is 4.79 Å². The standard InChI is InChI=1S/C16H30O5/c1-11(8-17)6-5-7-14(9-18)15(10-19)12(2)13(3)16(20)21-4/h11,14-15,17-19H,5-10H2,1-4H3. The minimum atomic E-state index is -0.406. The van der Waals surface area contributed by atoms with Crippen LogP contribution in [0.25, 0.3) is 0 Å². The molecule has 0 aromatic carbocycles. The van der Waals surface area contributed by atoms with E-state index in [9.17, 15) is 15.0 Å². The number of esters is 1. The Morgan fingerprint density at radius 3 is 2.10 bits per heavy atom. The quantitative estimate of drug-likeness (QED) is 0.420. The van der Waals surface area contributed by atoms with Crippen LogP contribution >= 0.6 is 0 Å². The average molecular weight is 302 g/mol. The maximum absolute atomic E-state index is 11.6. The van der Waals surface area contributed by atoms with Gasteiger partial charge in [0, 0.05) is 31.3 Å². The van der Waals surface area contributed by atoms with Crippen LogP contribution < -0.4 is 0 Å². The second-order valence-electron chi connectivity index (χ2n) is 5.75. The summed E-state index contributed by atoms with van der Waals surface area (Å²) in [6.45, 7) is 5.46. The van der Waals surface area contributed by atoms with E-state index in [-0.39, 0.29) is 37.6 Å². The average Bonchev–Trinajstić information content (AvgIpc) is 2.51. The van der Waals surface area contributed by atoms with Gasteiger partial charge in [-0.2, -0.15) is 0 Å². The molecule has 0 aliphatic rings. The first-order valence-electron chi connectivity index (χ1n) is 7.51. The lowest BCUT2D eigenvalue weighted by Gasteiger charge is -2.26. The lowest BCUT2D eigenvalue weighted by atomic mass is 9.82. The Bertz CT molecular complexity index is 338. The number of rotatable bonds is 10. The molecule has 0 amide bonds. The van der Waals surface area contributed by atoms with E-state index in [4.69, 9.17) is 9.84 Å². The fraction of sp³-hybridized carbons (Fsp3) is 0.812. The zero-order valence-electron chi connectivity index (χ0n) is 13.6. The first-order valence-corrected chi connectivity index (χ1v) is 7.51. The summed E-state index contributed by atoms with van der Waals surface area (Å²) < 4.78 is 4.70. The van der Waals surface area contributed by atoms with Gasteiger partial charge in [-0.05, 0) is 38.5 Å². The summed E-state index contributed by atoms with van der Waals surface area (Å²) in [4.78, 5) is 11.6. The van der Waals surface area contributed by atoms with E-state index in [1.165, 1.54) is 7.11 Å². The van der Waals surface area contributed by atoms with Crippen LogP contribution in [0.4, 0.5) is 0 Å². The Balaban J connectivity index is 4.83. The van der Waals surface area contributed by atoms with E-state index in [0.717, 1.165) is 24.8 Å². The summed E-state index contributed by atoms with van der Waals surface area (Å²) in [5.41, 5.74) is 1.25. The highest BCUT2D eigenvalue weighted by Gasteiger charge is 2.24. The number of carbonyl (C=O) groups excluding carboxylic acids is 1. The van der Waals surface area contributed by atoms with Gasteiger partial charge >= 0.3 is 5.97 Å². The van der Waals surface area contributed by atoms with Gasteiger partial charge in [0.2, 0.25) is 0 Å². The number of aliphatic hydroxyl groups excluding tert-OH is 3. The molecule has 0 radical (unpaired) electrons. The molecule has 0 rings (SSSR count). The summed E-state index contributed by atoms with van der Waals surface area (Å²) >= 11 is 0. The van der Waals surface area contributed by atoms with E-state index >= 15 is 0 Å².